The number of rotatable bonds is 15. The fourth-order valence-electron chi connectivity index (χ4n) is 5.26. The summed E-state index contributed by atoms with van der Waals surface area (Å²) in [7, 11) is -1.94. The van der Waals surface area contributed by atoms with Crippen LogP contribution in [-0.2, 0) is 27.6 Å². The van der Waals surface area contributed by atoms with Crippen LogP contribution in [0, 0.1) is 0 Å². The molecule has 6 aromatic rings. The first-order chi connectivity index (χ1) is 25.4. The third-order valence-electron chi connectivity index (χ3n) is 7.81. The van der Waals surface area contributed by atoms with Crippen molar-refractivity contribution in [3.8, 4) is 23.0 Å². The van der Waals surface area contributed by atoms with Crippen LogP contribution >= 0.6 is 63.0 Å². The fourth-order valence-corrected chi connectivity index (χ4v) is 9.54. The summed E-state index contributed by atoms with van der Waals surface area (Å²) in [5.41, 5.74) is 3.18. The van der Waals surface area contributed by atoms with E-state index in [0.29, 0.717) is 54.6 Å². The number of alkyl halides is 2. The molecule has 0 atom stereocenters. The Labute approximate surface area is 327 Å². The number of ether oxygens (including phenoxy) is 2. The van der Waals surface area contributed by atoms with Crippen LogP contribution in [0.1, 0.15) is 22.3 Å². The summed E-state index contributed by atoms with van der Waals surface area (Å²) in [6.07, 6.45) is -3.44. The maximum Gasteiger partial charge on any atom is 0.497 e. The Morgan fingerprint density at radius 2 is 1.08 bits per heavy atom. The maximum absolute atomic E-state index is 14.3. The van der Waals surface area contributed by atoms with E-state index in [-0.39, 0.29) is 11.5 Å². The summed E-state index contributed by atoms with van der Waals surface area (Å²) in [5.74, 6) is 3.04. The molecule has 16 heteroatoms. The van der Waals surface area contributed by atoms with Crippen molar-refractivity contribution in [3.05, 3.63) is 137 Å². The van der Waals surface area contributed by atoms with Crippen molar-refractivity contribution in [1.29, 1.82) is 0 Å². The minimum Gasteiger partial charge on any atom is -0.497 e. The second-order valence-electron chi connectivity index (χ2n) is 11.4. The molecule has 0 bridgehead atoms. The summed E-state index contributed by atoms with van der Waals surface area (Å²) >= 11 is 9.78. The Hall–Kier alpha value is -3.75. The molecule has 0 aliphatic carbocycles. The second-order valence-corrected chi connectivity index (χ2v) is 16.9. The molecular weight excluding hydrogens is 881 g/mol. The first kappa shape index (κ1) is 39.0. The quantitative estimate of drug-likeness (QED) is 0.0724. The van der Waals surface area contributed by atoms with Crippen molar-refractivity contribution in [1.82, 2.24) is 0 Å². The molecule has 276 valence electrons. The van der Waals surface area contributed by atoms with E-state index in [1.807, 2.05) is 12.1 Å². The molecule has 0 N–H and O–H groups in total. The molecule has 0 unspecified atom stereocenters. The van der Waals surface area contributed by atoms with Gasteiger partial charge in [-0.2, -0.15) is 32.3 Å². The Balaban J connectivity index is 1.07. The van der Waals surface area contributed by atoms with Crippen molar-refractivity contribution in [2.45, 2.75) is 29.2 Å². The van der Waals surface area contributed by atoms with Gasteiger partial charge in [0.1, 0.15) is 34.2 Å². The third-order valence-corrected chi connectivity index (χ3v) is 12.5. The molecule has 0 spiro atoms. The molecule has 0 amide bonds. The number of hydrogen-bond donors (Lipinski definition) is 0. The van der Waals surface area contributed by atoms with Crippen LogP contribution in [0.4, 0.5) is 8.78 Å². The first-order valence-corrected chi connectivity index (χ1v) is 21.2. The van der Waals surface area contributed by atoms with Gasteiger partial charge in [-0.25, -0.2) is 14.2 Å². The predicted octanol–water partition coefficient (Wildman–Crippen LogP) is 11.2. The normalized spacial score (nSPS) is 11.7. The zero-order valence-corrected chi connectivity index (χ0v) is 33.6. The van der Waals surface area contributed by atoms with E-state index in [0.717, 1.165) is 33.0 Å². The van der Waals surface area contributed by atoms with Gasteiger partial charge in [0.25, 0.3) is 0 Å². The first-order valence-electron chi connectivity index (χ1n) is 15.7. The molecule has 0 fully saturated rings. The average molecular weight is 911 g/mol. The van der Waals surface area contributed by atoms with Gasteiger partial charge in [-0.3, -0.25) is 0 Å². The molecule has 4 aromatic carbocycles. The molecule has 6 rings (SSSR count). The monoisotopic (exact) mass is 908 g/mol. The van der Waals surface area contributed by atoms with Gasteiger partial charge in [-0.15, -0.1) is 0 Å². The zero-order valence-electron chi connectivity index (χ0n) is 27.9. The lowest BCUT2D eigenvalue weighted by atomic mass is 10.1. The molecule has 0 radical (unpaired) electrons. The smallest absolute Gasteiger partial charge is 0.497 e. The van der Waals surface area contributed by atoms with Crippen LogP contribution in [0.25, 0.3) is 21.9 Å². The van der Waals surface area contributed by atoms with Gasteiger partial charge in [0.15, 0.2) is 0 Å². The summed E-state index contributed by atoms with van der Waals surface area (Å²) in [5, 5.41) is 1.59. The Bertz CT molecular complexity index is 2300. The van der Waals surface area contributed by atoms with Gasteiger partial charge < -0.3 is 27.4 Å². The summed E-state index contributed by atoms with van der Waals surface area (Å²) in [6, 6.07) is 23.1. The lowest BCUT2D eigenvalue weighted by Gasteiger charge is -2.21. The largest absolute Gasteiger partial charge is 0.497 e. The van der Waals surface area contributed by atoms with Crippen LogP contribution in [0.5, 0.6) is 23.0 Å². The van der Waals surface area contributed by atoms with E-state index in [2.05, 4.69) is 31.9 Å². The fraction of sp³-hybridized carbons (Fsp3) is 0.189. The lowest BCUT2D eigenvalue weighted by molar-refractivity contribution is 0.191. The predicted molar refractivity (Wildman–Crippen MR) is 211 cm³/mol. The van der Waals surface area contributed by atoms with Gasteiger partial charge in [-0.05, 0) is 103 Å². The Morgan fingerprint density at radius 3 is 1.45 bits per heavy atom. The van der Waals surface area contributed by atoms with E-state index < -0.39 is 25.0 Å². The number of thioether (sulfide) groups is 2. The number of halogens is 4. The van der Waals surface area contributed by atoms with Crippen LogP contribution in [0.2, 0.25) is 0 Å². The Morgan fingerprint density at radius 1 is 0.642 bits per heavy atom. The second kappa shape index (κ2) is 17.2. The van der Waals surface area contributed by atoms with Crippen LogP contribution in [0.3, 0.4) is 0 Å². The van der Waals surface area contributed by atoms with Gasteiger partial charge in [-0.1, -0.05) is 12.1 Å². The minimum absolute atomic E-state index is 0.0759. The van der Waals surface area contributed by atoms with Crippen molar-refractivity contribution in [3.63, 3.8) is 0 Å². The number of hydrogen-bond acceptors (Lipinski definition) is 11. The summed E-state index contributed by atoms with van der Waals surface area (Å²) in [6.45, 7) is 0. The molecule has 0 saturated heterocycles. The number of fused-ring (bicyclic) bond motifs is 2. The molecule has 0 saturated carbocycles. The highest BCUT2D eigenvalue weighted by Gasteiger charge is 2.41. The highest BCUT2D eigenvalue weighted by atomic mass is 79.9. The SMILES string of the molecule is COc1ccc2c(CSCc3ccc(OP(=O)(Oc4ccc(CSCc5cc(=O)oc6cc(OC)ccc56)cc4Br)C(F)F)c(Br)c3)cc(=O)oc2c1. The molecule has 2 heterocycles. The van der Waals surface area contributed by atoms with Gasteiger partial charge in [0.2, 0.25) is 0 Å². The standard InChI is InChI=1S/C37H29Br2F2O9PS2/c1-45-25-5-7-27-23(13-35(42)47-33(27)15-25)19-52-17-21-3-9-31(29(38)11-21)49-51(44,37(40)41)50-32-10-4-22(12-30(32)39)18-53-20-24-14-36(43)48-34-16-26(46-2)6-8-28(24)34/h3-16,37H,17-20H2,1-2H3. The van der Waals surface area contributed by atoms with E-state index in [1.165, 1.54) is 62.0 Å². The lowest BCUT2D eigenvalue weighted by Crippen LogP contribution is -2.09. The maximum atomic E-state index is 14.3. The summed E-state index contributed by atoms with van der Waals surface area (Å²) < 4.78 is 74.4. The van der Waals surface area contributed by atoms with Gasteiger partial charge in [0, 0.05) is 58.0 Å². The van der Waals surface area contributed by atoms with Crippen LogP contribution < -0.4 is 29.8 Å². The molecule has 9 nitrogen and oxygen atoms in total. The Kier molecular flexibility index (Phi) is 12.6. The van der Waals surface area contributed by atoms with Crippen molar-refractivity contribution in [2.24, 2.45) is 0 Å². The number of benzene rings is 4. The van der Waals surface area contributed by atoms with Crippen molar-refractivity contribution < 1.29 is 40.7 Å². The van der Waals surface area contributed by atoms with Crippen molar-refractivity contribution >= 4 is 84.9 Å². The molecule has 0 aliphatic rings. The molecule has 2 aromatic heterocycles. The van der Waals surface area contributed by atoms with E-state index >= 15 is 0 Å². The molecule has 0 aliphatic heterocycles. The van der Waals surface area contributed by atoms with E-state index in [4.69, 9.17) is 27.4 Å². The van der Waals surface area contributed by atoms with Gasteiger partial charge >= 0.3 is 25.0 Å². The van der Waals surface area contributed by atoms with Crippen molar-refractivity contribution in [2.75, 3.05) is 14.2 Å². The number of methoxy groups -OCH3 is 2. The van der Waals surface area contributed by atoms with Crippen LogP contribution in [-0.4, -0.2) is 20.4 Å². The average Bonchev–Trinajstić information content (AvgIpc) is 3.13. The molecular formula is C37H29Br2F2O9PS2. The van der Waals surface area contributed by atoms with Crippen LogP contribution in [0.15, 0.2) is 112 Å². The third kappa shape index (κ3) is 9.50. The highest BCUT2D eigenvalue weighted by molar-refractivity contribution is 9.11. The molecule has 53 heavy (non-hydrogen) atoms. The minimum atomic E-state index is -5.01. The van der Waals surface area contributed by atoms with E-state index in [1.54, 1.807) is 48.5 Å². The topological polar surface area (TPSA) is 114 Å². The highest BCUT2D eigenvalue weighted by Crippen LogP contribution is 2.56. The van der Waals surface area contributed by atoms with E-state index in [9.17, 15) is 22.9 Å². The van der Waals surface area contributed by atoms with Gasteiger partial charge in [0.05, 0.1) is 23.2 Å². The summed E-state index contributed by atoms with van der Waals surface area (Å²) in [4.78, 5) is 24.3. The zero-order chi connectivity index (χ0) is 37.7.